The molecule has 2 rings (SSSR count). The number of hydrogen-bond acceptors (Lipinski definition) is 5. The second-order valence-electron chi connectivity index (χ2n) is 7.76. The largest absolute Gasteiger partial charge is 0.469 e. The van der Waals surface area contributed by atoms with Gasteiger partial charge < -0.3 is 14.6 Å². The number of esters is 2. The van der Waals surface area contributed by atoms with E-state index in [1.165, 1.54) is 0 Å². The summed E-state index contributed by atoms with van der Waals surface area (Å²) in [4.78, 5) is 22.9. The number of carbonyl (C=O) groups excluding carboxylic acids is 2. The first-order chi connectivity index (χ1) is 13.2. The molecule has 3 unspecified atom stereocenters. The number of halogens is 6. The highest BCUT2D eigenvalue weighted by Gasteiger charge is 2.71. The Bertz CT molecular complexity index is 642. The Morgan fingerprint density at radius 2 is 1.52 bits per heavy atom. The van der Waals surface area contributed by atoms with Crippen molar-refractivity contribution in [3.63, 3.8) is 0 Å². The molecule has 0 spiro atoms. The Kier molecular flexibility index (Phi) is 6.61. The molecule has 0 aromatic rings. The Morgan fingerprint density at radius 3 is 1.97 bits per heavy atom. The van der Waals surface area contributed by atoms with Crippen molar-refractivity contribution in [2.45, 2.75) is 50.1 Å². The molecule has 0 amide bonds. The lowest BCUT2D eigenvalue weighted by molar-refractivity contribution is -0.373. The Balaban J connectivity index is 1.90. The predicted octanol–water partition coefficient (Wildman–Crippen LogP) is 3.56. The van der Waals surface area contributed by atoms with E-state index in [-0.39, 0.29) is 36.9 Å². The molecule has 5 nitrogen and oxygen atoms in total. The van der Waals surface area contributed by atoms with Crippen molar-refractivity contribution >= 4 is 11.9 Å². The van der Waals surface area contributed by atoms with Crippen molar-refractivity contribution in [2.24, 2.45) is 23.7 Å². The third-order valence-electron chi connectivity index (χ3n) is 5.95. The van der Waals surface area contributed by atoms with Crippen LogP contribution in [0, 0.1) is 23.7 Å². The molecule has 2 bridgehead atoms. The maximum atomic E-state index is 12.9. The first-order valence-electron chi connectivity index (χ1n) is 8.97. The molecule has 0 radical (unpaired) electrons. The molecule has 2 aliphatic carbocycles. The minimum Gasteiger partial charge on any atom is -0.469 e. The van der Waals surface area contributed by atoms with E-state index in [9.17, 15) is 41.0 Å². The van der Waals surface area contributed by atoms with Crippen LogP contribution in [0.25, 0.3) is 0 Å². The van der Waals surface area contributed by atoms with E-state index in [0.717, 1.165) is 7.11 Å². The van der Waals surface area contributed by atoms with Gasteiger partial charge in [-0.3, -0.25) is 4.79 Å². The summed E-state index contributed by atoms with van der Waals surface area (Å²) in [6.07, 6.45) is -12.6. The van der Waals surface area contributed by atoms with Crippen LogP contribution >= 0.6 is 0 Å². The molecule has 0 heterocycles. The van der Waals surface area contributed by atoms with Gasteiger partial charge in [0.1, 0.15) is 0 Å². The average Bonchev–Trinajstić information content (AvgIpc) is 3.17. The molecular formula is C18H22F6O5. The van der Waals surface area contributed by atoms with E-state index < -0.39 is 48.1 Å². The minimum absolute atomic E-state index is 0.0598. The van der Waals surface area contributed by atoms with Crippen LogP contribution in [0.5, 0.6) is 0 Å². The summed E-state index contributed by atoms with van der Waals surface area (Å²) in [5, 5.41) is 9.40. The standard InChI is InChI=1S/C18H22F6O5/c1-9(3-14(25)28-2)15(26)29-8-13-6-10-4-11(13)5-12(10)7-16(27,17(19,20)21)18(22,23)24/h10-13,27H,1,3-8H2,2H3/t10?,11-,12?,13?/m0/s1. The smallest absolute Gasteiger partial charge is 0.426 e. The highest BCUT2D eigenvalue weighted by molar-refractivity contribution is 5.93. The van der Waals surface area contributed by atoms with Gasteiger partial charge in [0.2, 0.25) is 0 Å². The van der Waals surface area contributed by atoms with Crippen molar-refractivity contribution in [2.75, 3.05) is 13.7 Å². The van der Waals surface area contributed by atoms with Crippen LogP contribution in [0.3, 0.4) is 0 Å². The van der Waals surface area contributed by atoms with Crippen LogP contribution in [0.2, 0.25) is 0 Å². The molecule has 2 aliphatic rings. The molecule has 2 saturated carbocycles. The van der Waals surface area contributed by atoms with Gasteiger partial charge in [0.05, 0.1) is 20.1 Å². The van der Waals surface area contributed by atoms with Gasteiger partial charge in [-0.1, -0.05) is 6.58 Å². The monoisotopic (exact) mass is 432 g/mol. The topological polar surface area (TPSA) is 72.8 Å². The minimum atomic E-state index is -5.82. The summed E-state index contributed by atoms with van der Waals surface area (Å²) in [6.45, 7) is 3.36. The van der Waals surface area contributed by atoms with E-state index in [0.29, 0.717) is 12.8 Å². The van der Waals surface area contributed by atoms with Gasteiger partial charge in [-0.25, -0.2) is 4.79 Å². The maximum absolute atomic E-state index is 12.9. The molecule has 4 atom stereocenters. The lowest BCUT2D eigenvalue weighted by Crippen LogP contribution is -2.58. The predicted molar refractivity (Wildman–Crippen MR) is 86.2 cm³/mol. The second kappa shape index (κ2) is 8.16. The van der Waals surface area contributed by atoms with E-state index in [4.69, 9.17) is 4.74 Å². The molecule has 0 aliphatic heterocycles. The van der Waals surface area contributed by atoms with Crippen molar-refractivity contribution in [1.82, 2.24) is 0 Å². The van der Waals surface area contributed by atoms with Crippen molar-refractivity contribution in [3.8, 4) is 0 Å². The van der Waals surface area contributed by atoms with Gasteiger partial charge in [-0.2, -0.15) is 26.3 Å². The van der Waals surface area contributed by atoms with Gasteiger partial charge in [0.15, 0.2) is 0 Å². The zero-order chi connectivity index (χ0) is 22.2. The molecule has 0 aromatic heterocycles. The maximum Gasteiger partial charge on any atom is 0.426 e. The number of alkyl halides is 6. The average molecular weight is 432 g/mol. The van der Waals surface area contributed by atoms with Crippen molar-refractivity contribution in [3.05, 3.63) is 12.2 Å². The quantitative estimate of drug-likeness (QED) is 0.379. The van der Waals surface area contributed by atoms with E-state index in [1.807, 2.05) is 0 Å². The molecular weight excluding hydrogens is 410 g/mol. The summed E-state index contributed by atoms with van der Waals surface area (Å²) in [5.41, 5.74) is -4.85. The first-order valence-corrected chi connectivity index (χ1v) is 8.97. The third-order valence-corrected chi connectivity index (χ3v) is 5.95. The van der Waals surface area contributed by atoms with Crippen LogP contribution in [-0.4, -0.2) is 48.7 Å². The SMILES string of the molecule is C=C(CC(=O)OC)C(=O)OCC1CC2C[C@H]1CC2CC(O)(C(F)(F)F)C(F)(F)F. The highest BCUT2D eigenvalue weighted by Crippen LogP contribution is 2.57. The van der Waals surface area contributed by atoms with E-state index >= 15 is 0 Å². The van der Waals surface area contributed by atoms with Crippen LogP contribution in [-0.2, 0) is 19.1 Å². The van der Waals surface area contributed by atoms with Gasteiger partial charge in [-0.05, 0) is 49.4 Å². The van der Waals surface area contributed by atoms with Gasteiger partial charge in [0.25, 0.3) is 5.60 Å². The number of hydrogen-bond donors (Lipinski definition) is 1. The number of rotatable bonds is 7. The molecule has 29 heavy (non-hydrogen) atoms. The summed E-state index contributed by atoms with van der Waals surface area (Å²) < 4.78 is 86.9. The molecule has 2 fully saturated rings. The van der Waals surface area contributed by atoms with Crippen LogP contribution in [0.1, 0.15) is 32.1 Å². The van der Waals surface area contributed by atoms with Gasteiger partial charge >= 0.3 is 24.3 Å². The van der Waals surface area contributed by atoms with Gasteiger partial charge in [-0.15, -0.1) is 0 Å². The summed E-state index contributed by atoms with van der Waals surface area (Å²) in [6, 6.07) is 0. The molecule has 0 aromatic carbocycles. The fourth-order valence-electron chi connectivity index (χ4n) is 4.34. The number of carbonyl (C=O) groups is 2. The Hall–Kier alpha value is -1.78. The fraction of sp³-hybridized carbons (Fsp3) is 0.778. The van der Waals surface area contributed by atoms with Gasteiger partial charge in [0, 0.05) is 5.57 Å². The second-order valence-corrected chi connectivity index (χ2v) is 7.76. The lowest BCUT2D eigenvalue weighted by atomic mass is 9.76. The molecule has 1 N–H and O–H groups in total. The van der Waals surface area contributed by atoms with E-state index in [2.05, 4.69) is 11.3 Å². The van der Waals surface area contributed by atoms with Crippen molar-refractivity contribution < 1.29 is 50.5 Å². The molecule has 166 valence electrons. The number of fused-ring (bicyclic) bond motifs is 2. The van der Waals surface area contributed by atoms with Crippen molar-refractivity contribution in [1.29, 1.82) is 0 Å². The zero-order valence-corrected chi connectivity index (χ0v) is 15.6. The Labute approximate surface area is 163 Å². The summed E-state index contributed by atoms with van der Waals surface area (Å²) in [7, 11) is 1.14. The first kappa shape index (κ1) is 23.5. The number of aliphatic hydroxyl groups is 1. The van der Waals surface area contributed by atoms with Crippen LogP contribution in [0.4, 0.5) is 26.3 Å². The Morgan fingerprint density at radius 1 is 1.00 bits per heavy atom. The number of methoxy groups -OCH3 is 1. The summed E-state index contributed by atoms with van der Waals surface area (Å²) in [5.74, 6) is -3.21. The third kappa shape index (κ3) is 4.87. The highest BCUT2D eigenvalue weighted by atomic mass is 19.4. The van der Waals surface area contributed by atoms with E-state index in [1.54, 1.807) is 0 Å². The van der Waals surface area contributed by atoms with Crippen LogP contribution in [0.15, 0.2) is 12.2 Å². The normalized spacial score (nSPS) is 27.0. The zero-order valence-electron chi connectivity index (χ0n) is 15.6. The lowest BCUT2D eigenvalue weighted by Gasteiger charge is -2.37. The molecule has 11 heteroatoms. The number of ether oxygens (including phenoxy) is 2. The fourth-order valence-corrected chi connectivity index (χ4v) is 4.34. The van der Waals surface area contributed by atoms with Crippen LogP contribution < -0.4 is 0 Å². The summed E-state index contributed by atoms with van der Waals surface area (Å²) >= 11 is 0. The molecule has 0 saturated heterocycles.